The molecule has 3 atom stereocenters. The van der Waals surface area contributed by atoms with Gasteiger partial charge in [0, 0.05) is 30.3 Å². The maximum atomic E-state index is 13.2. The number of hydrogen-bond donors (Lipinski definition) is 3. The molecule has 0 spiro atoms. The number of ether oxygens (including phenoxy) is 2. The van der Waals surface area contributed by atoms with Crippen LogP contribution in [-0.4, -0.2) is 28.6 Å². The largest absolute Gasteiger partial charge is 0.484 e. The molecule has 2 aliphatic heterocycles. The number of nitrogens with zero attached hydrogens (tertiary/aromatic N) is 1. The van der Waals surface area contributed by atoms with E-state index in [0.717, 1.165) is 17.2 Å². The summed E-state index contributed by atoms with van der Waals surface area (Å²) >= 11 is 0. The van der Waals surface area contributed by atoms with Crippen LogP contribution in [0.5, 0.6) is 17.2 Å². The molecule has 6 rings (SSSR count). The van der Waals surface area contributed by atoms with Gasteiger partial charge in [0.15, 0.2) is 0 Å². The fraction of sp³-hybridized carbons (Fsp3) is 0.296. The Balaban J connectivity index is 1.13. The number of nitrogens with one attached hydrogen (secondary N) is 3. The predicted octanol–water partition coefficient (Wildman–Crippen LogP) is 4.89. The first-order chi connectivity index (χ1) is 18.1. The number of carbonyl (C=O) groups is 2. The normalized spacial score (nSPS) is 22.8. The summed E-state index contributed by atoms with van der Waals surface area (Å²) in [7, 11) is 0. The van der Waals surface area contributed by atoms with Crippen molar-refractivity contribution in [2.24, 2.45) is 0 Å². The van der Waals surface area contributed by atoms with E-state index in [4.69, 9.17) is 9.47 Å². The average Bonchev–Trinajstić information content (AvgIpc) is 3.30. The van der Waals surface area contributed by atoms with Crippen LogP contribution in [0.15, 0.2) is 54.7 Å². The molecule has 2 aromatic carbocycles. The number of rotatable bonds is 5. The van der Waals surface area contributed by atoms with Gasteiger partial charge in [-0.25, -0.2) is 9.78 Å². The maximum absolute atomic E-state index is 13.2. The van der Waals surface area contributed by atoms with Gasteiger partial charge in [0.25, 0.3) is 0 Å². The minimum Gasteiger partial charge on any atom is -0.484 e. The fourth-order valence-electron chi connectivity index (χ4n) is 5.29. The van der Waals surface area contributed by atoms with Crippen LogP contribution in [0.3, 0.4) is 0 Å². The smallest absolute Gasteiger partial charge is 0.416 e. The van der Waals surface area contributed by atoms with Gasteiger partial charge in [-0.1, -0.05) is 18.2 Å². The van der Waals surface area contributed by atoms with Gasteiger partial charge in [-0.2, -0.15) is 13.2 Å². The number of pyridine rings is 1. The van der Waals surface area contributed by atoms with Crippen LogP contribution in [-0.2, 0) is 23.9 Å². The summed E-state index contributed by atoms with van der Waals surface area (Å²) < 4.78 is 52.0. The van der Waals surface area contributed by atoms with Gasteiger partial charge in [-0.05, 0) is 49.2 Å². The van der Waals surface area contributed by atoms with E-state index in [1.54, 1.807) is 18.3 Å². The highest BCUT2D eigenvalue weighted by Gasteiger charge is 2.70. The third-order valence-electron chi connectivity index (χ3n) is 7.25. The molecule has 0 saturated heterocycles. The summed E-state index contributed by atoms with van der Waals surface area (Å²) in [5, 5.41) is 8.11. The quantitative estimate of drug-likeness (QED) is 0.441. The van der Waals surface area contributed by atoms with Crippen molar-refractivity contribution in [2.45, 2.75) is 50.0 Å². The second-order valence-corrected chi connectivity index (χ2v) is 9.71. The SMILES string of the molecule is CC12Oc3ccc(Oc4ccnc5c4CCC(=O)N5)cc3[C@H]1[C@@H]2NC(=O)NCc1ccccc1C(F)(F)F. The monoisotopic (exact) mass is 524 g/mol. The van der Waals surface area contributed by atoms with Crippen LogP contribution in [0.25, 0.3) is 0 Å². The zero-order valence-electron chi connectivity index (χ0n) is 20.2. The number of fused-ring (bicyclic) bond motifs is 4. The molecule has 1 unspecified atom stereocenters. The average molecular weight is 524 g/mol. The molecule has 1 saturated carbocycles. The predicted molar refractivity (Wildman–Crippen MR) is 130 cm³/mol. The Morgan fingerprint density at radius 2 is 2.03 bits per heavy atom. The van der Waals surface area contributed by atoms with Crippen molar-refractivity contribution in [1.29, 1.82) is 0 Å². The third kappa shape index (κ3) is 4.17. The second-order valence-electron chi connectivity index (χ2n) is 9.71. The van der Waals surface area contributed by atoms with Gasteiger partial charge in [-0.3, -0.25) is 4.79 Å². The lowest BCUT2D eigenvalue weighted by Gasteiger charge is -2.19. The highest BCUT2D eigenvalue weighted by molar-refractivity contribution is 5.93. The molecule has 3 aliphatic rings. The lowest BCUT2D eigenvalue weighted by Crippen LogP contribution is -2.40. The molecule has 3 heterocycles. The Hall–Kier alpha value is -4.28. The first kappa shape index (κ1) is 24.1. The first-order valence-corrected chi connectivity index (χ1v) is 12.1. The maximum Gasteiger partial charge on any atom is 0.416 e. The van der Waals surface area contributed by atoms with Crippen molar-refractivity contribution >= 4 is 17.8 Å². The summed E-state index contributed by atoms with van der Waals surface area (Å²) in [6.45, 7) is 1.62. The number of amides is 3. The van der Waals surface area contributed by atoms with Crippen molar-refractivity contribution in [3.63, 3.8) is 0 Å². The molecule has 1 aromatic heterocycles. The van der Waals surface area contributed by atoms with Crippen molar-refractivity contribution in [3.8, 4) is 17.2 Å². The van der Waals surface area contributed by atoms with Crippen LogP contribution in [0.2, 0.25) is 0 Å². The highest BCUT2D eigenvalue weighted by atomic mass is 19.4. The number of anilines is 1. The fourth-order valence-corrected chi connectivity index (χ4v) is 5.29. The summed E-state index contributed by atoms with van der Waals surface area (Å²) in [5.41, 5.74) is 0.233. The van der Waals surface area contributed by atoms with E-state index in [0.29, 0.717) is 35.9 Å². The number of hydrogen-bond acceptors (Lipinski definition) is 5. The van der Waals surface area contributed by atoms with Gasteiger partial charge in [0.2, 0.25) is 5.91 Å². The molecule has 196 valence electrons. The Morgan fingerprint density at radius 1 is 1.21 bits per heavy atom. The van der Waals surface area contributed by atoms with Crippen LogP contribution in [0.4, 0.5) is 23.8 Å². The number of benzene rings is 2. The number of carbonyl (C=O) groups excluding carboxylic acids is 2. The number of alkyl halides is 3. The van der Waals surface area contributed by atoms with Crippen LogP contribution >= 0.6 is 0 Å². The van der Waals surface area contributed by atoms with Crippen molar-refractivity contribution in [2.75, 3.05) is 5.32 Å². The zero-order chi connectivity index (χ0) is 26.7. The molecule has 0 radical (unpaired) electrons. The van der Waals surface area contributed by atoms with Gasteiger partial charge in [0.1, 0.15) is 28.7 Å². The number of aromatic nitrogens is 1. The Kier molecular flexibility index (Phi) is 5.48. The Labute approximate surface area is 215 Å². The minimum absolute atomic E-state index is 0.0152. The molecular formula is C27H23F3N4O4. The van der Waals surface area contributed by atoms with Crippen molar-refractivity contribution < 1.29 is 32.2 Å². The van der Waals surface area contributed by atoms with Crippen molar-refractivity contribution in [3.05, 3.63) is 77.0 Å². The molecule has 0 bridgehead atoms. The molecule has 8 nitrogen and oxygen atoms in total. The van der Waals surface area contributed by atoms with Gasteiger partial charge >= 0.3 is 12.2 Å². The van der Waals surface area contributed by atoms with E-state index in [2.05, 4.69) is 20.9 Å². The van der Waals surface area contributed by atoms with E-state index >= 15 is 0 Å². The molecule has 1 aliphatic carbocycles. The molecule has 3 aromatic rings. The molecule has 3 N–H and O–H groups in total. The first-order valence-electron chi connectivity index (χ1n) is 12.1. The second kappa shape index (κ2) is 8.64. The number of urea groups is 1. The molecular weight excluding hydrogens is 501 g/mol. The lowest BCUT2D eigenvalue weighted by atomic mass is 10.1. The Morgan fingerprint density at radius 3 is 2.84 bits per heavy atom. The summed E-state index contributed by atoms with van der Waals surface area (Å²) in [6, 6.07) is 11.4. The molecule has 11 heteroatoms. The van der Waals surface area contributed by atoms with E-state index < -0.39 is 23.4 Å². The summed E-state index contributed by atoms with van der Waals surface area (Å²) in [5.74, 6) is 2.12. The van der Waals surface area contributed by atoms with E-state index in [1.165, 1.54) is 18.2 Å². The minimum atomic E-state index is -4.50. The lowest BCUT2D eigenvalue weighted by molar-refractivity contribution is -0.138. The van der Waals surface area contributed by atoms with Crippen molar-refractivity contribution in [1.82, 2.24) is 15.6 Å². The zero-order valence-corrected chi connectivity index (χ0v) is 20.2. The van der Waals surface area contributed by atoms with Crippen LogP contribution in [0.1, 0.15) is 41.5 Å². The third-order valence-corrected chi connectivity index (χ3v) is 7.25. The van der Waals surface area contributed by atoms with Gasteiger partial charge < -0.3 is 25.4 Å². The Bertz CT molecular complexity index is 1460. The molecule has 1 fully saturated rings. The van der Waals surface area contributed by atoms with Gasteiger partial charge in [-0.15, -0.1) is 0 Å². The van der Waals surface area contributed by atoms with Gasteiger partial charge in [0.05, 0.1) is 17.5 Å². The number of halogens is 3. The standard InChI is InChI=1S/C27H23F3N4O4/c1-26-22(23(26)34-25(36)32-13-14-4-2-3-5-18(14)27(28,29)30)17-12-15(6-8-20(17)38-26)37-19-10-11-31-24-16(19)7-9-21(35)33-24/h2-6,8,10-12,22-23H,7,9,13H2,1H3,(H,31,33,35)(H2,32,34,36)/t22-,23-,26?/m0/s1. The van der Waals surface area contributed by atoms with Crippen LogP contribution in [0, 0.1) is 0 Å². The van der Waals surface area contributed by atoms with Crippen LogP contribution < -0.4 is 25.4 Å². The van der Waals surface area contributed by atoms with E-state index in [-0.39, 0.29) is 30.0 Å². The molecule has 38 heavy (non-hydrogen) atoms. The molecule has 3 amide bonds. The summed E-state index contributed by atoms with van der Waals surface area (Å²) in [4.78, 5) is 28.5. The van der Waals surface area contributed by atoms with E-state index in [9.17, 15) is 22.8 Å². The van der Waals surface area contributed by atoms with E-state index in [1.807, 2.05) is 19.1 Å². The highest BCUT2D eigenvalue weighted by Crippen LogP contribution is 2.62. The topological polar surface area (TPSA) is 102 Å². The summed E-state index contributed by atoms with van der Waals surface area (Å²) in [6.07, 6.45) is -2.06.